The lowest BCUT2D eigenvalue weighted by atomic mass is 10.2. The van der Waals surface area contributed by atoms with Gasteiger partial charge in [0.05, 0.1) is 25.4 Å². The molecule has 0 rings (SSSR count). The van der Waals surface area contributed by atoms with Crippen molar-refractivity contribution in [1.29, 1.82) is 0 Å². The van der Waals surface area contributed by atoms with E-state index in [2.05, 4.69) is 0 Å². The second-order valence-electron chi connectivity index (χ2n) is 1.60. The third-order valence-corrected chi connectivity index (χ3v) is 0.892. The van der Waals surface area contributed by atoms with Gasteiger partial charge in [0.15, 0.2) is 0 Å². The van der Waals surface area contributed by atoms with E-state index in [1.165, 1.54) is 0 Å². The van der Waals surface area contributed by atoms with E-state index in [4.69, 9.17) is 21.1 Å². The summed E-state index contributed by atoms with van der Waals surface area (Å²) in [7, 11) is 0. The first kappa shape index (κ1) is 7.84. The molecule has 0 fully saturated rings. The summed E-state index contributed by atoms with van der Waals surface area (Å²) in [6, 6.07) is -0.722. The number of nitrogens with two attached hydrogens (primary N) is 1. The molecule has 0 aromatic heterocycles. The lowest BCUT2D eigenvalue weighted by Gasteiger charge is -2.12. The number of rotatable bonds is 3. The number of aliphatic hydroxyl groups is 3. The Bertz CT molecular complexity index is 51.2. The van der Waals surface area contributed by atoms with Crippen LogP contribution in [0.2, 0.25) is 0 Å². The molecular formula is C4H11NO3. The SMILES string of the molecule is N[C@H](CO)[C@@H](O)CO. The van der Waals surface area contributed by atoms with Gasteiger partial charge < -0.3 is 21.1 Å². The fraction of sp³-hybridized carbons (Fsp3) is 1.00. The first-order chi connectivity index (χ1) is 3.72. The Kier molecular flexibility index (Phi) is 3.72. The smallest absolute Gasteiger partial charge is 0.0943 e. The molecule has 0 aromatic carbocycles. The summed E-state index contributed by atoms with van der Waals surface area (Å²) >= 11 is 0. The molecule has 0 radical (unpaired) electrons. The average Bonchev–Trinajstić information content (AvgIpc) is 1.84. The Morgan fingerprint density at radius 3 is 1.88 bits per heavy atom. The monoisotopic (exact) mass is 121 g/mol. The van der Waals surface area contributed by atoms with Crippen LogP contribution in [0.25, 0.3) is 0 Å². The average molecular weight is 121 g/mol. The maximum Gasteiger partial charge on any atom is 0.0943 e. The summed E-state index contributed by atoms with van der Waals surface area (Å²) in [6.45, 7) is -0.705. The molecule has 5 N–H and O–H groups in total. The quantitative estimate of drug-likeness (QED) is 0.337. The largest absolute Gasteiger partial charge is 0.395 e. The summed E-state index contributed by atoms with van der Waals surface area (Å²) in [5.74, 6) is 0. The molecule has 50 valence electrons. The zero-order chi connectivity index (χ0) is 6.57. The molecule has 0 aromatic rings. The van der Waals surface area contributed by atoms with Crippen molar-refractivity contribution in [2.75, 3.05) is 13.2 Å². The molecule has 0 saturated carbocycles. The van der Waals surface area contributed by atoms with Crippen LogP contribution < -0.4 is 5.73 Å². The van der Waals surface area contributed by atoms with Crippen LogP contribution in [0.3, 0.4) is 0 Å². The number of hydrogen-bond acceptors (Lipinski definition) is 4. The Morgan fingerprint density at radius 1 is 1.25 bits per heavy atom. The fourth-order valence-electron chi connectivity index (χ4n) is 0.257. The molecule has 0 spiro atoms. The molecule has 0 aliphatic rings. The van der Waals surface area contributed by atoms with Crippen molar-refractivity contribution in [1.82, 2.24) is 0 Å². The lowest BCUT2D eigenvalue weighted by molar-refractivity contribution is 0.0549. The molecule has 0 bridgehead atoms. The summed E-state index contributed by atoms with van der Waals surface area (Å²) in [5, 5.41) is 25.0. The second-order valence-corrected chi connectivity index (χ2v) is 1.60. The minimum absolute atomic E-state index is 0.304. The van der Waals surface area contributed by atoms with Crippen LogP contribution in [0, 0.1) is 0 Å². The van der Waals surface area contributed by atoms with Gasteiger partial charge >= 0.3 is 0 Å². The molecule has 8 heavy (non-hydrogen) atoms. The van der Waals surface area contributed by atoms with Crippen LogP contribution in [-0.4, -0.2) is 40.7 Å². The first-order valence-electron chi connectivity index (χ1n) is 2.37. The normalized spacial score (nSPS) is 18.0. The van der Waals surface area contributed by atoms with E-state index in [1.54, 1.807) is 0 Å². The van der Waals surface area contributed by atoms with Gasteiger partial charge in [0.25, 0.3) is 0 Å². The van der Waals surface area contributed by atoms with E-state index in [-0.39, 0.29) is 6.61 Å². The summed E-state index contributed by atoms with van der Waals surface area (Å²) in [6.07, 6.45) is -1.00. The van der Waals surface area contributed by atoms with E-state index in [0.29, 0.717) is 0 Å². The van der Waals surface area contributed by atoms with Crippen LogP contribution >= 0.6 is 0 Å². The third kappa shape index (κ3) is 2.23. The Morgan fingerprint density at radius 2 is 1.75 bits per heavy atom. The van der Waals surface area contributed by atoms with E-state index < -0.39 is 18.8 Å². The van der Waals surface area contributed by atoms with Crippen molar-refractivity contribution in [2.45, 2.75) is 12.1 Å². The van der Waals surface area contributed by atoms with Crippen molar-refractivity contribution < 1.29 is 15.3 Å². The van der Waals surface area contributed by atoms with Crippen LogP contribution in [0.1, 0.15) is 0 Å². The minimum atomic E-state index is -1.00. The molecule has 0 unspecified atom stereocenters. The van der Waals surface area contributed by atoms with Gasteiger partial charge in [-0.2, -0.15) is 0 Å². The maximum absolute atomic E-state index is 8.59. The Labute approximate surface area is 47.6 Å². The zero-order valence-corrected chi connectivity index (χ0v) is 4.49. The van der Waals surface area contributed by atoms with Crippen molar-refractivity contribution >= 4 is 0 Å². The highest BCUT2D eigenvalue weighted by molar-refractivity contribution is 4.68. The lowest BCUT2D eigenvalue weighted by Crippen LogP contribution is -2.39. The molecular weight excluding hydrogens is 110 g/mol. The standard InChI is InChI=1S/C4H11NO3/c5-3(1-6)4(8)2-7/h3-4,6-8H,1-2,5H2/t3-,4+/m1/s1. The third-order valence-electron chi connectivity index (χ3n) is 0.892. The molecule has 4 nitrogen and oxygen atoms in total. The zero-order valence-electron chi connectivity index (χ0n) is 4.49. The Hall–Kier alpha value is -0.160. The molecule has 0 aliphatic carbocycles. The predicted octanol–water partition coefficient (Wildman–Crippen LogP) is -2.34. The molecule has 0 aliphatic heterocycles. The Balaban J connectivity index is 3.29. The van der Waals surface area contributed by atoms with E-state index >= 15 is 0 Å². The van der Waals surface area contributed by atoms with Crippen molar-refractivity contribution in [2.24, 2.45) is 5.73 Å². The van der Waals surface area contributed by atoms with Gasteiger partial charge in [-0.1, -0.05) is 0 Å². The highest BCUT2D eigenvalue weighted by atomic mass is 16.3. The number of aliphatic hydroxyl groups excluding tert-OH is 3. The van der Waals surface area contributed by atoms with Gasteiger partial charge in [0, 0.05) is 0 Å². The van der Waals surface area contributed by atoms with Gasteiger partial charge in [-0.25, -0.2) is 0 Å². The summed E-state index contributed by atoms with van der Waals surface area (Å²) in [4.78, 5) is 0. The highest BCUT2D eigenvalue weighted by Crippen LogP contribution is 1.84. The molecule has 0 heterocycles. The first-order valence-corrected chi connectivity index (χ1v) is 2.37. The van der Waals surface area contributed by atoms with Crippen molar-refractivity contribution in [3.63, 3.8) is 0 Å². The number of hydrogen-bond donors (Lipinski definition) is 4. The molecule has 0 amide bonds. The van der Waals surface area contributed by atoms with Crippen LogP contribution in [0.15, 0.2) is 0 Å². The predicted molar refractivity (Wildman–Crippen MR) is 28.2 cm³/mol. The summed E-state index contributed by atoms with van der Waals surface area (Å²) < 4.78 is 0. The fourth-order valence-corrected chi connectivity index (χ4v) is 0.257. The van der Waals surface area contributed by atoms with Gasteiger partial charge in [0.1, 0.15) is 0 Å². The van der Waals surface area contributed by atoms with Crippen LogP contribution in [-0.2, 0) is 0 Å². The van der Waals surface area contributed by atoms with Gasteiger partial charge in [0.2, 0.25) is 0 Å². The summed E-state index contributed by atoms with van der Waals surface area (Å²) in [5.41, 5.74) is 5.07. The minimum Gasteiger partial charge on any atom is -0.395 e. The van der Waals surface area contributed by atoms with E-state index in [9.17, 15) is 0 Å². The van der Waals surface area contributed by atoms with Crippen LogP contribution in [0.4, 0.5) is 0 Å². The topological polar surface area (TPSA) is 86.7 Å². The second kappa shape index (κ2) is 3.80. The van der Waals surface area contributed by atoms with E-state index in [0.717, 1.165) is 0 Å². The molecule has 0 saturated heterocycles. The highest BCUT2D eigenvalue weighted by Gasteiger charge is 2.10. The molecule has 4 heteroatoms. The van der Waals surface area contributed by atoms with Crippen LogP contribution in [0.5, 0.6) is 0 Å². The van der Waals surface area contributed by atoms with Gasteiger partial charge in [-0.05, 0) is 0 Å². The molecule has 2 atom stereocenters. The van der Waals surface area contributed by atoms with Crippen molar-refractivity contribution in [3.05, 3.63) is 0 Å². The maximum atomic E-state index is 8.59. The van der Waals surface area contributed by atoms with E-state index in [1.807, 2.05) is 0 Å². The van der Waals surface area contributed by atoms with Gasteiger partial charge in [-0.15, -0.1) is 0 Å². The van der Waals surface area contributed by atoms with Gasteiger partial charge in [-0.3, -0.25) is 0 Å². The van der Waals surface area contributed by atoms with Crippen molar-refractivity contribution in [3.8, 4) is 0 Å².